The maximum absolute atomic E-state index is 12.5. The Morgan fingerprint density at radius 3 is 2.58 bits per heavy atom. The Hall–Kier alpha value is -2.88. The number of nitrogens with zero attached hydrogens (tertiary/aromatic N) is 1. The first-order chi connectivity index (χ1) is 11.6. The highest BCUT2D eigenvalue weighted by Gasteiger charge is 2.29. The smallest absolute Gasteiger partial charge is 0.331 e. The Labute approximate surface area is 141 Å². The molecule has 0 aromatic heterocycles. The van der Waals surface area contributed by atoms with E-state index in [0.717, 1.165) is 23.2 Å². The normalized spacial score (nSPS) is 14.5. The number of anilines is 1. The molecule has 0 saturated heterocycles. The number of hydrogen-bond donors (Lipinski definition) is 0. The molecule has 0 spiro atoms. The molecule has 0 N–H and O–H groups in total. The van der Waals surface area contributed by atoms with Gasteiger partial charge in [0.05, 0.1) is 0 Å². The highest BCUT2D eigenvalue weighted by molar-refractivity contribution is 6.00. The second kappa shape index (κ2) is 7.13. The number of carbonyl (C=O) groups excluding carboxylic acids is 2. The summed E-state index contributed by atoms with van der Waals surface area (Å²) in [5, 5.41) is 0. The number of carbonyl (C=O) groups is 2. The van der Waals surface area contributed by atoms with Crippen molar-refractivity contribution in [1.82, 2.24) is 0 Å². The maximum Gasteiger partial charge on any atom is 0.331 e. The topological polar surface area (TPSA) is 46.6 Å². The lowest BCUT2D eigenvalue weighted by Gasteiger charge is -2.21. The molecule has 2 aromatic rings. The SMILES string of the molecule is CC(OC(=O)C=Cc1ccccc1)C(=O)N1CCc2ccccc21. The second-order valence-electron chi connectivity index (χ2n) is 5.69. The summed E-state index contributed by atoms with van der Waals surface area (Å²) in [5.74, 6) is -0.714. The minimum atomic E-state index is -0.816. The molecule has 1 unspecified atom stereocenters. The van der Waals surface area contributed by atoms with Gasteiger partial charge < -0.3 is 9.64 Å². The average molecular weight is 321 g/mol. The largest absolute Gasteiger partial charge is 0.449 e. The Morgan fingerprint density at radius 1 is 1.08 bits per heavy atom. The van der Waals surface area contributed by atoms with Crippen LogP contribution in [0.5, 0.6) is 0 Å². The lowest BCUT2D eigenvalue weighted by Crippen LogP contribution is -2.38. The highest BCUT2D eigenvalue weighted by Crippen LogP contribution is 2.28. The van der Waals surface area contributed by atoms with E-state index < -0.39 is 12.1 Å². The summed E-state index contributed by atoms with van der Waals surface area (Å²) in [6, 6.07) is 17.3. The van der Waals surface area contributed by atoms with E-state index in [2.05, 4.69) is 0 Å². The van der Waals surface area contributed by atoms with Crippen LogP contribution in [-0.4, -0.2) is 24.5 Å². The van der Waals surface area contributed by atoms with Gasteiger partial charge in [-0.3, -0.25) is 4.79 Å². The van der Waals surface area contributed by atoms with Crippen LogP contribution in [0.15, 0.2) is 60.7 Å². The maximum atomic E-state index is 12.5. The number of esters is 1. The van der Waals surface area contributed by atoms with Gasteiger partial charge in [0.15, 0.2) is 6.10 Å². The first kappa shape index (κ1) is 16.0. The molecule has 4 heteroatoms. The molecule has 0 aliphatic carbocycles. The van der Waals surface area contributed by atoms with E-state index in [9.17, 15) is 9.59 Å². The van der Waals surface area contributed by atoms with Gasteiger partial charge in [0.1, 0.15) is 0 Å². The number of ether oxygens (including phenoxy) is 1. The monoisotopic (exact) mass is 321 g/mol. The van der Waals surface area contributed by atoms with Crippen molar-refractivity contribution < 1.29 is 14.3 Å². The van der Waals surface area contributed by atoms with Gasteiger partial charge in [-0.25, -0.2) is 4.79 Å². The molecule has 0 radical (unpaired) electrons. The van der Waals surface area contributed by atoms with Crippen LogP contribution in [0.3, 0.4) is 0 Å². The van der Waals surface area contributed by atoms with Gasteiger partial charge in [0.2, 0.25) is 0 Å². The molecule has 1 amide bonds. The zero-order valence-electron chi connectivity index (χ0n) is 13.5. The van der Waals surface area contributed by atoms with E-state index in [1.54, 1.807) is 17.9 Å². The molecule has 2 aromatic carbocycles. The van der Waals surface area contributed by atoms with Gasteiger partial charge in [-0.05, 0) is 36.6 Å². The van der Waals surface area contributed by atoms with Crippen LogP contribution in [0.25, 0.3) is 6.08 Å². The van der Waals surface area contributed by atoms with Crippen molar-refractivity contribution in [2.75, 3.05) is 11.4 Å². The lowest BCUT2D eigenvalue weighted by atomic mass is 10.2. The Balaban J connectivity index is 1.61. The minimum absolute atomic E-state index is 0.193. The van der Waals surface area contributed by atoms with Crippen LogP contribution < -0.4 is 4.90 Å². The van der Waals surface area contributed by atoms with Crippen molar-refractivity contribution in [2.24, 2.45) is 0 Å². The first-order valence-corrected chi connectivity index (χ1v) is 7.98. The summed E-state index contributed by atoms with van der Waals surface area (Å²) in [4.78, 5) is 26.1. The highest BCUT2D eigenvalue weighted by atomic mass is 16.5. The van der Waals surface area contributed by atoms with E-state index >= 15 is 0 Å². The van der Waals surface area contributed by atoms with Crippen molar-refractivity contribution in [3.63, 3.8) is 0 Å². The number of amides is 1. The van der Waals surface area contributed by atoms with Gasteiger partial charge in [-0.2, -0.15) is 0 Å². The zero-order valence-corrected chi connectivity index (χ0v) is 13.5. The number of hydrogen-bond acceptors (Lipinski definition) is 3. The Kier molecular flexibility index (Phi) is 4.75. The molecular weight excluding hydrogens is 302 g/mol. The van der Waals surface area contributed by atoms with E-state index in [4.69, 9.17) is 4.74 Å². The van der Waals surface area contributed by atoms with Crippen LogP contribution in [-0.2, 0) is 20.7 Å². The van der Waals surface area contributed by atoms with Gasteiger partial charge in [0, 0.05) is 18.3 Å². The second-order valence-corrected chi connectivity index (χ2v) is 5.69. The van der Waals surface area contributed by atoms with E-state index in [1.165, 1.54) is 6.08 Å². The molecular formula is C20H19NO3. The summed E-state index contributed by atoms with van der Waals surface area (Å²) in [6.07, 6.45) is 3.03. The van der Waals surface area contributed by atoms with E-state index in [1.807, 2.05) is 54.6 Å². The molecule has 0 saturated carbocycles. The zero-order chi connectivity index (χ0) is 16.9. The number of fused-ring (bicyclic) bond motifs is 1. The third-order valence-electron chi connectivity index (χ3n) is 4.01. The van der Waals surface area contributed by atoms with Crippen LogP contribution in [0.2, 0.25) is 0 Å². The molecule has 0 fully saturated rings. The summed E-state index contributed by atoms with van der Waals surface area (Å²) in [6.45, 7) is 2.23. The molecule has 1 aliphatic heterocycles. The van der Waals surface area contributed by atoms with Crippen molar-refractivity contribution >= 4 is 23.6 Å². The molecule has 3 rings (SSSR count). The summed E-state index contributed by atoms with van der Waals surface area (Å²) >= 11 is 0. The third-order valence-corrected chi connectivity index (χ3v) is 4.01. The fourth-order valence-corrected chi connectivity index (χ4v) is 2.78. The van der Waals surface area contributed by atoms with Crippen LogP contribution in [0.1, 0.15) is 18.1 Å². The minimum Gasteiger partial charge on any atom is -0.449 e. The van der Waals surface area contributed by atoms with Crippen molar-refractivity contribution in [2.45, 2.75) is 19.4 Å². The van der Waals surface area contributed by atoms with Crippen molar-refractivity contribution in [1.29, 1.82) is 0 Å². The molecule has 1 atom stereocenters. The molecule has 122 valence electrons. The quantitative estimate of drug-likeness (QED) is 0.641. The third kappa shape index (κ3) is 3.54. The van der Waals surface area contributed by atoms with Crippen LogP contribution in [0.4, 0.5) is 5.69 Å². The van der Waals surface area contributed by atoms with Gasteiger partial charge in [-0.15, -0.1) is 0 Å². The van der Waals surface area contributed by atoms with E-state index in [0.29, 0.717) is 6.54 Å². The molecule has 24 heavy (non-hydrogen) atoms. The van der Waals surface area contributed by atoms with Crippen molar-refractivity contribution in [3.8, 4) is 0 Å². The first-order valence-electron chi connectivity index (χ1n) is 7.98. The number of benzene rings is 2. The predicted octanol–water partition coefficient (Wildman–Crippen LogP) is 3.22. The van der Waals surface area contributed by atoms with Gasteiger partial charge in [-0.1, -0.05) is 48.5 Å². The standard InChI is InChI=1S/C20H19NO3/c1-15(24-19(22)12-11-16-7-3-2-4-8-16)20(23)21-14-13-17-9-5-6-10-18(17)21/h2-12,15H,13-14H2,1H3. The predicted molar refractivity (Wildman–Crippen MR) is 93.5 cm³/mol. The average Bonchev–Trinajstić information content (AvgIpc) is 3.04. The summed E-state index contributed by atoms with van der Waals surface area (Å²) in [7, 11) is 0. The fourth-order valence-electron chi connectivity index (χ4n) is 2.78. The van der Waals surface area contributed by atoms with Crippen molar-refractivity contribution in [3.05, 3.63) is 71.8 Å². The molecule has 1 aliphatic rings. The molecule has 1 heterocycles. The Morgan fingerprint density at radius 2 is 1.79 bits per heavy atom. The molecule has 4 nitrogen and oxygen atoms in total. The summed E-state index contributed by atoms with van der Waals surface area (Å²) in [5.41, 5.74) is 2.96. The lowest BCUT2D eigenvalue weighted by molar-refractivity contribution is -0.149. The van der Waals surface area contributed by atoms with Gasteiger partial charge in [0.25, 0.3) is 5.91 Å². The van der Waals surface area contributed by atoms with Crippen LogP contribution >= 0.6 is 0 Å². The molecule has 0 bridgehead atoms. The number of para-hydroxylation sites is 1. The summed E-state index contributed by atoms with van der Waals surface area (Å²) < 4.78 is 5.24. The van der Waals surface area contributed by atoms with E-state index in [-0.39, 0.29) is 5.91 Å². The number of rotatable bonds is 4. The fraction of sp³-hybridized carbons (Fsp3) is 0.200. The Bertz CT molecular complexity index is 767. The van der Waals surface area contributed by atoms with Crippen LogP contribution in [0, 0.1) is 0 Å². The van der Waals surface area contributed by atoms with Gasteiger partial charge >= 0.3 is 5.97 Å².